The van der Waals surface area contributed by atoms with Crippen molar-refractivity contribution >= 4 is 29.9 Å². The zero-order chi connectivity index (χ0) is 21.6. The van der Waals surface area contributed by atoms with Crippen LogP contribution in [0.5, 0.6) is 11.5 Å². The van der Waals surface area contributed by atoms with E-state index in [9.17, 15) is 0 Å². The van der Waals surface area contributed by atoms with E-state index < -0.39 is 0 Å². The maximum absolute atomic E-state index is 5.74. The molecule has 0 bridgehead atoms. The van der Waals surface area contributed by atoms with Crippen LogP contribution in [-0.2, 0) is 17.6 Å². The third-order valence-corrected chi connectivity index (χ3v) is 4.88. The van der Waals surface area contributed by atoms with Crippen LogP contribution in [0.1, 0.15) is 17.5 Å². The fourth-order valence-corrected chi connectivity index (χ4v) is 3.13. The molecule has 0 aliphatic carbocycles. The van der Waals surface area contributed by atoms with E-state index in [1.807, 2.05) is 32.3 Å². The third kappa shape index (κ3) is 9.78. The predicted molar refractivity (Wildman–Crippen MR) is 138 cm³/mol. The molecule has 0 spiro atoms. The zero-order valence-corrected chi connectivity index (χ0v) is 21.4. The van der Waals surface area contributed by atoms with Crippen molar-refractivity contribution in [2.24, 2.45) is 4.99 Å². The largest absolute Gasteiger partial charge is 0.493 e. The minimum Gasteiger partial charge on any atom is -0.493 e. The number of nitrogens with zero attached hydrogens (tertiary/aromatic N) is 2. The Morgan fingerprint density at radius 1 is 0.935 bits per heavy atom. The number of likely N-dealkylation sites (N-methyl/N-ethyl adjacent to an activating group) is 1. The molecule has 0 unspecified atom stereocenters. The van der Waals surface area contributed by atoms with Crippen LogP contribution in [0.4, 0.5) is 0 Å². The lowest BCUT2D eigenvalue weighted by Gasteiger charge is -2.22. The van der Waals surface area contributed by atoms with Crippen LogP contribution in [-0.4, -0.2) is 65.5 Å². The van der Waals surface area contributed by atoms with Crippen molar-refractivity contribution in [3.8, 4) is 11.5 Å². The van der Waals surface area contributed by atoms with E-state index in [2.05, 4.69) is 45.5 Å². The molecule has 2 aromatic rings. The van der Waals surface area contributed by atoms with Gasteiger partial charge in [-0.15, -0.1) is 24.0 Å². The highest BCUT2D eigenvalue weighted by atomic mass is 127. The summed E-state index contributed by atoms with van der Waals surface area (Å²) in [6.45, 7) is 3.18. The average molecular weight is 541 g/mol. The van der Waals surface area contributed by atoms with Crippen molar-refractivity contribution < 1.29 is 14.2 Å². The van der Waals surface area contributed by atoms with Crippen LogP contribution < -0.4 is 14.8 Å². The fourth-order valence-electron chi connectivity index (χ4n) is 3.13. The summed E-state index contributed by atoms with van der Waals surface area (Å²) in [6.07, 6.45) is 2.78. The summed E-state index contributed by atoms with van der Waals surface area (Å²) in [7, 11) is 7.16. The minimum atomic E-state index is 0. The van der Waals surface area contributed by atoms with Crippen molar-refractivity contribution in [3.63, 3.8) is 0 Å². The van der Waals surface area contributed by atoms with Gasteiger partial charge in [-0.2, -0.15) is 0 Å². The van der Waals surface area contributed by atoms with Gasteiger partial charge in [0.25, 0.3) is 0 Å². The number of aliphatic imine (C=N–C) groups is 1. The molecule has 0 aromatic heterocycles. The van der Waals surface area contributed by atoms with Crippen LogP contribution in [0.15, 0.2) is 53.5 Å². The summed E-state index contributed by atoms with van der Waals surface area (Å²) in [5.41, 5.74) is 2.51. The highest BCUT2D eigenvalue weighted by Crippen LogP contribution is 2.27. The lowest BCUT2D eigenvalue weighted by atomic mass is 10.1. The number of guanidine groups is 1. The van der Waals surface area contributed by atoms with Crippen molar-refractivity contribution in [3.05, 3.63) is 59.7 Å². The Bertz CT molecular complexity index is 772. The van der Waals surface area contributed by atoms with Gasteiger partial charge in [-0.25, -0.2) is 0 Å². The van der Waals surface area contributed by atoms with Gasteiger partial charge >= 0.3 is 0 Å². The summed E-state index contributed by atoms with van der Waals surface area (Å²) in [4.78, 5) is 6.51. The summed E-state index contributed by atoms with van der Waals surface area (Å²) >= 11 is 0. The van der Waals surface area contributed by atoms with Gasteiger partial charge in [-0.05, 0) is 42.5 Å². The highest BCUT2D eigenvalue weighted by Gasteiger charge is 2.08. The summed E-state index contributed by atoms with van der Waals surface area (Å²) in [5.74, 6) is 2.39. The summed E-state index contributed by atoms with van der Waals surface area (Å²) in [5, 5.41) is 3.41. The first-order valence-electron chi connectivity index (χ1n) is 10.4. The van der Waals surface area contributed by atoms with Gasteiger partial charge in [0.05, 0.1) is 20.8 Å². The van der Waals surface area contributed by atoms with Crippen LogP contribution >= 0.6 is 24.0 Å². The van der Waals surface area contributed by atoms with E-state index in [1.165, 1.54) is 11.1 Å². The molecule has 31 heavy (non-hydrogen) atoms. The number of rotatable bonds is 12. The van der Waals surface area contributed by atoms with Crippen LogP contribution in [0.2, 0.25) is 0 Å². The van der Waals surface area contributed by atoms with Crippen LogP contribution in [0.3, 0.4) is 0 Å². The first-order chi connectivity index (χ1) is 14.7. The number of hydrogen-bond acceptors (Lipinski definition) is 4. The van der Waals surface area contributed by atoms with Crippen molar-refractivity contribution in [2.75, 3.05) is 54.6 Å². The molecule has 0 radical (unpaired) electrons. The first-order valence-corrected chi connectivity index (χ1v) is 10.4. The van der Waals surface area contributed by atoms with E-state index in [0.29, 0.717) is 0 Å². The monoisotopic (exact) mass is 541 g/mol. The number of ether oxygens (including phenoxy) is 3. The van der Waals surface area contributed by atoms with Gasteiger partial charge < -0.3 is 24.4 Å². The molecule has 0 aliphatic heterocycles. The Morgan fingerprint density at radius 2 is 1.68 bits per heavy atom. The molecule has 6 nitrogen and oxygen atoms in total. The maximum atomic E-state index is 5.74. The standard InChI is InChI=1S/C24H35N3O3.HI/c1-25-24(26-15-8-17-30-18-14-20-9-6-5-7-10-20)27(2)16-13-21-11-12-22(28-3)23(19-21)29-4;/h5-7,9-12,19H,8,13-18H2,1-4H3,(H,25,26);1H. The second-order valence-corrected chi connectivity index (χ2v) is 7.04. The number of nitrogens with one attached hydrogen (secondary N) is 1. The summed E-state index contributed by atoms with van der Waals surface area (Å²) < 4.78 is 16.4. The van der Waals surface area contributed by atoms with E-state index in [-0.39, 0.29) is 24.0 Å². The topological polar surface area (TPSA) is 55.3 Å². The number of hydrogen-bond donors (Lipinski definition) is 1. The van der Waals surface area contributed by atoms with Gasteiger partial charge in [-0.3, -0.25) is 4.99 Å². The lowest BCUT2D eigenvalue weighted by Crippen LogP contribution is -2.40. The molecule has 0 saturated carbocycles. The maximum Gasteiger partial charge on any atom is 0.193 e. The number of halogens is 1. The molecule has 7 heteroatoms. The Kier molecular flexibility index (Phi) is 13.7. The van der Waals surface area contributed by atoms with Gasteiger partial charge in [0, 0.05) is 33.8 Å². The average Bonchev–Trinajstić information content (AvgIpc) is 2.79. The fraction of sp³-hybridized carbons (Fsp3) is 0.458. The molecule has 172 valence electrons. The van der Waals surface area contributed by atoms with Gasteiger partial charge in [0.1, 0.15) is 0 Å². The molecule has 1 N–H and O–H groups in total. The molecule has 2 aromatic carbocycles. The van der Waals surface area contributed by atoms with E-state index >= 15 is 0 Å². The zero-order valence-electron chi connectivity index (χ0n) is 19.1. The van der Waals surface area contributed by atoms with Crippen molar-refractivity contribution in [1.29, 1.82) is 0 Å². The third-order valence-electron chi connectivity index (χ3n) is 4.88. The Morgan fingerprint density at radius 3 is 2.35 bits per heavy atom. The Balaban J connectivity index is 0.00000480. The molecular formula is C24H36IN3O3. The molecule has 0 saturated heterocycles. The van der Waals surface area contributed by atoms with Gasteiger partial charge in [-0.1, -0.05) is 36.4 Å². The molecule has 0 atom stereocenters. The summed E-state index contributed by atoms with van der Waals surface area (Å²) in [6, 6.07) is 16.5. The second kappa shape index (κ2) is 15.8. The minimum absolute atomic E-state index is 0. The molecule has 0 heterocycles. The normalized spacial score (nSPS) is 10.9. The highest BCUT2D eigenvalue weighted by molar-refractivity contribution is 14.0. The van der Waals surface area contributed by atoms with Crippen molar-refractivity contribution in [2.45, 2.75) is 19.3 Å². The first kappa shape index (κ1) is 27.0. The smallest absolute Gasteiger partial charge is 0.193 e. The molecule has 0 amide bonds. The van der Waals surface area contributed by atoms with Crippen LogP contribution in [0, 0.1) is 0 Å². The number of methoxy groups -OCH3 is 2. The Hall–Kier alpha value is -2.00. The van der Waals surface area contributed by atoms with E-state index in [0.717, 1.165) is 63.0 Å². The SMILES string of the molecule is CN=C(NCCCOCCc1ccccc1)N(C)CCc1ccc(OC)c(OC)c1.I. The molecular weight excluding hydrogens is 505 g/mol. The molecule has 0 fully saturated rings. The van der Waals surface area contributed by atoms with E-state index in [1.54, 1.807) is 14.2 Å². The van der Waals surface area contributed by atoms with Crippen LogP contribution in [0.25, 0.3) is 0 Å². The lowest BCUT2D eigenvalue weighted by molar-refractivity contribution is 0.135. The quantitative estimate of drug-likeness (QED) is 0.191. The molecule has 2 rings (SSSR count). The second-order valence-electron chi connectivity index (χ2n) is 7.04. The van der Waals surface area contributed by atoms with Crippen molar-refractivity contribution in [1.82, 2.24) is 10.2 Å². The molecule has 0 aliphatic rings. The number of benzene rings is 2. The van der Waals surface area contributed by atoms with E-state index in [4.69, 9.17) is 14.2 Å². The van der Waals surface area contributed by atoms with Gasteiger partial charge in [0.2, 0.25) is 0 Å². The Labute approximate surface area is 204 Å². The predicted octanol–water partition coefficient (Wildman–Crippen LogP) is 4.02. The van der Waals surface area contributed by atoms with Gasteiger partial charge in [0.15, 0.2) is 17.5 Å².